The normalized spacial score (nSPS) is 9.95. The molecule has 1 aromatic carbocycles. The van der Waals surface area contributed by atoms with E-state index < -0.39 is 12.1 Å². The lowest BCUT2D eigenvalue weighted by Gasteiger charge is -2.05. The standard InChI is InChI=1S/C12H8ClNO4S/c13-7-1-3-8(4-2-7)14-11(15)10-9(5-6-19-10)18-12(16)17/h1-6H,(H,14,15)(H,16,17). The minimum absolute atomic E-state index is 0.0176. The smallest absolute Gasteiger partial charge is 0.449 e. The van der Waals surface area contributed by atoms with Gasteiger partial charge in [-0.2, -0.15) is 0 Å². The fraction of sp³-hybridized carbons (Fsp3) is 0. The Morgan fingerprint density at radius 3 is 2.53 bits per heavy atom. The van der Waals surface area contributed by atoms with E-state index in [1.807, 2.05) is 0 Å². The van der Waals surface area contributed by atoms with Gasteiger partial charge in [-0.15, -0.1) is 11.3 Å². The molecular weight excluding hydrogens is 290 g/mol. The number of ether oxygens (including phenoxy) is 1. The first-order valence-corrected chi connectivity index (χ1v) is 6.37. The Bertz CT molecular complexity index is 608. The van der Waals surface area contributed by atoms with Crippen LogP contribution >= 0.6 is 22.9 Å². The number of carbonyl (C=O) groups excluding carboxylic acids is 1. The number of anilines is 1. The van der Waals surface area contributed by atoms with Crippen molar-refractivity contribution in [3.63, 3.8) is 0 Å². The molecule has 0 atom stereocenters. The summed E-state index contributed by atoms with van der Waals surface area (Å²) in [6, 6.07) is 7.99. The summed E-state index contributed by atoms with van der Waals surface area (Å²) in [6.45, 7) is 0. The van der Waals surface area contributed by atoms with Crippen molar-refractivity contribution < 1.29 is 19.4 Å². The highest BCUT2D eigenvalue weighted by Gasteiger charge is 2.16. The van der Waals surface area contributed by atoms with E-state index in [4.69, 9.17) is 16.7 Å². The Morgan fingerprint density at radius 2 is 1.89 bits per heavy atom. The molecule has 0 aliphatic carbocycles. The Labute approximate surface area is 117 Å². The zero-order valence-corrected chi connectivity index (χ0v) is 11.0. The second kappa shape index (κ2) is 5.73. The number of amides is 1. The van der Waals surface area contributed by atoms with Crippen molar-refractivity contribution in [3.8, 4) is 5.75 Å². The highest BCUT2D eigenvalue weighted by Crippen LogP contribution is 2.26. The number of hydrogen-bond donors (Lipinski definition) is 2. The Balaban J connectivity index is 2.14. The first kappa shape index (κ1) is 13.4. The molecule has 2 N–H and O–H groups in total. The number of carboxylic acid groups (broad SMARTS) is 1. The van der Waals surface area contributed by atoms with Crippen LogP contribution in [0.15, 0.2) is 35.7 Å². The van der Waals surface area contributed by atoms with Crippen LogP contribution in [0.3, 0.4) is 0 Å². The number of benzene rings is 1. The van der Waals surface area contributed by atoms with Gasteiger partial charge in [0.25, 0.3) is 5.91 Å². The summed E-state index contributed by atoms with van der Waals surface area (Å²) in [4.78, 5) is 22.6. The molecular formula is C12H8ClNO4S. The molecule has 2 aromatic rings. The number of hydrogen-bond acceptors (Lipinski definition) is 4. The molecule has 0 saturated carbocycles. The third-order valence-electron chi connectivity index (χ3n) is 2.13. The second-order valence-corrected chi connectivity index (χ2v) is 4.80. The van der Waals surface area contributed by atoms with Gasteiger partial charge in [-0.05, 0) is 35.7 Å². The third-order valence-corrected chi connectivity index (χ3v) is 3.28. The van der Waals surface area contributed by atoms with Crippen LogP contribution in [0.5, 0.6) is 5.75 Å². The largest absolute Gasteiger partial charge is 0.511 e. The minimum atomic E-state index is -1.46. The number of carbonyl (C=O) groups is 2. The molecule has 0 unspecified atom stereocenters. The lowest BCUT2D eigenvalue weighted by Crippen LogP contribution is -2.13. The molecule has 1 heterocycles. The van der Waals surface area contributed by atoms with Crippen LogP contribution in [0.25, 0.3) is 0 Å². The van der Waals surface area contributed by atoms with E-state index in [2.05, 4.69) is 10.1 Å². The molecule has 1 amide bonds. The molecule has 0 aliphatic rings. The molecule has 7 heteroatoms. The molecule has 0 fully saturated rings. The topological polar surface area (TPSA) is 75.6 Å². The van der Waals surface area contributed by atoms with Crippen LogP contribution in [-0.2, 0) is 0 Å². The van der Waals surface area contributed by atoms with Crippen LogP contribution in [0.1, 0.15) is 9.67 Å². The van der Waals surface area contributed by atoms with Gasteiger partial charge in [0.05, 0.1) is 0 Å². The molecule has 2 rings (SSSR count). The third kappa shape index (κ3) is 3.46. The molecule has 0 saturated heterocycles. The summed E-state index contributed by atoms with van der Waals surface area (Å²) >= 11 is 6.83. The number of thiophene rings is 1. The van der Waals surface area contributed by atoms with Crippen molar-refractivity contribution in [2.24, 2.45) is 0 Å². The van der Waals surface area contributed by atoms with Crippen LogP contribution < -0.4 is 10.1 Å². The number of halogens is 1. The van der Waals surface area contributed by atoms with Gasteiger partial charge in [-0.1, -0.05) is 11.6 Å². The molecule has 0 aliphatic heterocycles. The SMILES string of the molecule is O=C(O)Oc1ccsc1C(=O)Nc1ccc(Cl)cc1. The van der Waals surface area contributed by atoms with Crippen molar-refractivity contribution in [1.29, 1.82) is 0 Å². The predicted octanol–water partition coefficient (Wildman–Crippen LogP) is 3.71. The quantitative estimate of drug-likeness (QED) is 0.847. The second-order valence-electron chi connectivity index (χ2n) is 3.44. The predicted molar refractivity (Wildman–Crippen MR) is 72.4 cm³/mol. The summed E-state index contributed by atoms with van der Waals surface area (Å²) < 4.78 is 4.51. The van der Waals surface area contributed by atoms with Crippen molar-refractivity contribution in [1.82, 2.24) is 0 Å². The number of nitrogens with one attached hydrogen (secondary N) is 1. The molecule has 0 spiro atoms. The van der Waals surface area contributed by atoms with Gasteiger partial charge >= 0.3 is 6.16 Å². The first-order chi connectivity index (χ1) is 9.06. The van der Waals surface area contributed by atoms with Gasteiger partial charge < -0.3 is 15.2 Å². The molecule has 19 heavy (non-hydrogen) atoms. The van der Waals surface area contributed by atoms with Crippen LogP contribution in [0, 0.1) is 0 Å². The van der Waals surface area contributed by atoms with E-state index in [0.29, 0.717) is 10.7 Å². The average molecular weight is 298 g/mol. The summed E-state index contributed by atoms with van der Waals surface area (Å²) in [6.07, 6.45) is -1.46. The lowest BCUT2D eigenvalue weighted by molar-refractivity contribution is 0.102. The minimum Gasteiger partial charge on any atom is -0.449 e. The van der Waals surface area contributed by atoms with Crippen molar-refractivity contribution >= 4 is 40.7 Å². The zero-order valence-electron chi connectivity index (χ0n) is 9.42. The van der Waals surface area contributed by atoms with E-state index in [1.54, 1.807) is 29.6 Å². The first-order valence-electron chi connectivity index (χ1n) is 5.11. The van der Waals surface area contributed by atoms with Gasteiger partial charge in [0.1, 0.15) is 4.88 Å². The van der Waals surface area contributed by atoms with Crippen LogP contribution in [0.2, 0.25) is 5.02 Å². The van der Waals surface area contributed by atoms with E-state index >= 15 is 0 Å². The van der Waals surface area contributed by atoms with E-state index in [0.717, 1.165) is 11.3 Å². The van der Waals surface area contributed by atoms with Gasteiger partial charge in [0, 0.05) is 10.7 Å². The van der Waals surface area contributed by atoms with Gasteiger partial charge in [0.2, 0.25) is 0 Å². The van der Waals surface area contributed by atoms with E-state index in [1.165, 1.54) is 6.07 Å². The number of rotatable bonds is 3. The maximum Gasteiger partial charge on any atom is 0.511 e. The van der Waals surface area contributed by atoms with Gasteiger partial charge in [0.15, 0.2) is 5.75 Å². The maximum atomic E-state index is 12.0. The van der Waals surface area contributed by atoms with Crippen molar-refractivity contribution in [3.05, 3.63) is 45.6 Å². The van der Waals surface area contributed by atoms with Crippen LogP contribution in [0.4, 0.5) is 10.5 Å². The highest BCUT2D eigenvalue weighted by atomic mass is 35.5. The maximum absolute atomic E-state index is 12.0. The fourth-order valence-electron chi connectivity index (χ4n) is 1.36. The Morgan fingerprint density at radius 1 is 1.21 bits per heavy atom. The van der Waals surface area contributed by atoms with E-state index in [-0.39, 0.29) is 10.6 Å². The van der Waals surface area contributed by atoms with E-state index in [9.17, 15) is 9.59 Å². The van der Waals surface area contributed by atoms with Gasteiger partial charge in [-0.3, -0.25) is 4.79 Å². The monoisotopic (exact) mass is 297 g/mol. The van der Waals surface area contributed by atoms with Crippen LogP contribution in [-0.4, -0.2) is 17.2 Å². The highest BCUT2D eigenvalue weighted by molar-refractivity contribution is 7.12. The summed E-state index contributed by atoms with van der Waals surface area (Å²) in [5, 5.41) is 13.3. The van der Waals surface area contributed by atoms with Crippen molar-refractivity contribution in [2.75, 3.05) is 5.32 Å². The average Bonchev–Trinajstić information content (AvgIpc) is 2.79. The molecule has 0 radical (unpaired) electrons. The molecule has 0 bridgehead atoms. The summed E-state index contributed by atoms with van der Waals surface area (Å²) in [5.74, 6) is -0.419. The van der Waals surface area contributed by atoms with Gasteiger partial charge in [-0.25, -0.2) is 4.79 Å². The van der Waals surface area contributed by atoms with Crippen molar-refractivity contribution in [2.45, 2.75) is 0 Å². The molecule has 1 aromatic heterocycles. The lowest BCUT2D eigenvalue weighted by atomic mass is 10.3. The zero-order chi connectivity index (χ0) is 13.8. The Hall–Kier alpha value is -2.05. The fourth-order valence-corrected chi connectivity index (χ4v) is 2.20. The molecule has 98 valence electrons. The molecule has 5 nitrogen and oxygen atoms in total. The summed E-state index contributed by atoms with van der Waals surface area (Å²) in [5.41, 5.74) is 0.559. The Kier molecular flexibility index (Phi) is 4.03. The summed E-state index contributed by atoms with van der Waals surface area (Å²) in [7, 11) is 0.